The molecule has 3 aliphatic heterocycles. The van der Waals surface area contributed by atoms with Crippen molar-refractivity contribution in [1.29, 1.82) is 0 Å². The molecular weight excluding hydrogens is 368 g/mol. The maximum Gasteiger partial charge on any atom is 0.271 e. The number of rotatable bonds is 3. The average Bonchev–Trinajstić information content (AvgIpc) is 2.91. The van der Waals surface area contributed by atoms with Gasteiger partial charge >= 0.3 is 0 Å². The Bertz CT molecular complexity index is 958. The molecule has 6 nitrogen and oxygen atoms in total. The number of amidine groups is 1. The van der Waals surface area contributed by atoms with Crippen molar-refractivity contribution in [1.82, 2.24) is 0 Å². The zero-order valence-electron chi connectivity index (χ0n) is 16.8. The molecule has 0 amide bonds. The van der Waals surface area contributed by atoms with Crippen LogP contribution in [0.5, 0.6) is 17.2 Å². The minimum Gasteiger partial charge on any atom is -0.492 e. The summed E-state index contributed by atoms with van der Waals surface area (Å²) in [4.78, 5) is 2.22. The monoisotopic (exact) mass is 395 g/mol. The molecule has 2 aromatic carbocycles. The molecule has 0 saturated heterocycles. The summed E-state index contributed by atoms with van der Waals surface area (Å²) in [5.41, 5.74) is 0.694. The molecular formula is C23H27N2O4+. The van der Waals surface area contributed by atoms with Gasteiger partial charge in [-0.2, -0.15) is 0 Å². The van der Waals surface area contributed by atoms with Gasteiger partial charge < -0.3 is 19.3 Å². The third-order valence-corrected chi connectivity index (χ3v) is 6.11. The van der Waals surface area contributed by atoms with Gasteiger partial charge in [0.2, 0.25) is 0 Å². The van der Waals surface area contributed by atoms with Crippen molar-refractivity contribution >= 4 is 11.5 Å². The summed E-state index contributed by atoms with van der Waals surface area (Å²) >= 11 is 0. The van der Waals surface area contributed by atoms with E-state index >= 15 is 0 Å². The van der Waals surface area contributed by atoms with Gasteiger partial charge in [0.05, 0.1) is 13.7 Å². The van der Waals surface area contributed by atoms with Gasteiger partial charge in [0.1, 0.15) is 13.2 Å². The van der Waals surface area contributed by atoms with Crippen LogP contribution in [0, 0.1) is 0 Å². The Morgan fingerprint density at radius 3 is 2.72 bits per heavy atom. The summed E-state index contributed by atoms with van der Waals surface area (Å²) in [7, 11) is 1.69. The lowest BCUT2D eigenvalue weighted by atomic mass is 10.0. The van der Waals surface area contributed by atoms with Crippen LogP contribution in [0.1, 0.15) is 31.2 Å². The van der Waals surface area contributed by atoms with E-state index in [0.717, 1.165) is 60.8 Å². The van der Waals surface area contributed by atoms with Crippen LogP contribution >= 0.6 is 0 Å². The highest BCUT2D eigenvalue weighted by molar-refractivity contribution is 5.97. The molecule has 0 aromatic heterocycles. The van der Waals surface area contributed by atoms with Crippen LogP contribution < -0.4 is 19.1 Å². The normalized spacial score (nSPS) is 23.6. The van der Waals surface area contributed by atoms with Gasteiger partial charge in [-0.15, -0.1) is 0 Å². The average molecular weight is 395 g/mol. The second kappa shape index (κ2) is 7.26. The van der Waals surface area contributed by atoms with Crippen LogP contribution in [0.3, 0.4) is 0 Å². The predicted molar refractivity (Wildman–Crippen MR) is 110 cm³/mol. The number of hydrogen-bond acceptors (Lipinski definition) is 5. The SMILES string of the molecule is COc1ccccc1N1C[C@@](O)(c2ccc3c(c2)OCCO3)[N+]2=C1CCCCC2. The third-order valence-electron chi connectivity index (χ3n) is 6.11. The lowest BCUT2D eigenvalue weighted by molar-refractivity contribution is -0.658. The molecule has 0 saturated carbocycles. The Kier molecular flexibility index (Phi) is 4.59. The van der Waals surface area contributed by atoms with Gasteiger partial charge in [0, 0.05) is 12.0 Å². The van der Waals surface area contributed by atoms with Crippen LogP contribution in [0.25, 0.3) is 0 Å². The number of fused-ring (bicyclic) bond motifs is 1. The second-order valence-corrected chi connectivity index (χ2v) is 7.81. The van der Waals surface area contributed by atoms with E-state index in [-0.39, 0.29) is 0 Å². The molecule has 0 unspecified atom stereocenters. The molecule has 152 valence electrons. The van der Waals surface area contributed by atoms with Crippen molar-refractivity contribution < 1.29 is 23.9 Å². The van der Waals surface area contributed by atoms with Crippen molar-refractivity contribution in [2.75, 3.05) is 38.3 Å². The van der Waals surface area contributed by atoms with Crippen LogP contribution in [-0.4, -0.2) is 48.9 Å². The van der Waals surface area contributed by atoms with Crippen molar-refractivity contribution in [2.45, 2.75) is 31.4 Å². The first-order chi connectivity index (χ1) is 14.2. The van der Waals surface area contributed by atoms with Gasteiger partial charge in [-0.1, -0.05) is 12.1 Å². The quantitative estimate of drug-likeness (QED) is 0.810. The number of nitrogens with zero attached hydrogens (tertiary/aromatic N) is 2. The van der Waals surface area contributed by atoms with Crippen molar-refractivity contribution in [2.24, 2.45) is 0 Å². The van der Waals surface area contributed by atoms with Crippen molar-refractivity contribution in [3.63, 3.8) is 0 Å². The van der Waals surface area contributed by atoms with E-state index in [0.29, 0.717) is 25.5 Å². The number of methoxy groups -OCH3 is 1. The smallest absolute Gasteiger partial charge is 0.271 e. The number of β-amino-alcohol motifs (C(OH)–C–C–N with tert-alkyl or cyclic N) is 1. The summed E-state index contributed by atoms with van der Waals surface area (Å²) in [5, 5.41) is 12.0. The number of benzene rings is 2. The first-order valence-electron chi connectivity index (χ1n) is 10.4. The Morgan fingerprint density at radius 1 is 1.03 bits per heavy atom. The van der Waals surface area contributed by atoms with Crippen molar-refractivity contribution in [3.8, 4) is 17.2 Å². The molecule has 0 fully saturated rings. The highest BCUT2D eigenvalue weighted by atomic mass is 16.6. The summed E-state index contributed by atoms with van der Waals surface area (Å²) in [6.07, 6.45) is 4.28. The molecule has 3 aliphatic rings. The highest BCUT2D eigenvalue weighted by Crippen LogP contribution is 2.41. The van der Waals surface area contributed by atoms with Crippen LogP contribution in [0.15, 0.2) is 42.5 Å². The summed E-state index contributed by atoms with van der Waals surface area (Å²) in [6, 6.07) is 13.8. The van der Waals surface area contributed by atoms with E-state index < -0.39 is 5.72 Å². The largest absolute Gasteiger partial charge is 0.492 e. The zero-order valence-corrected chi connectivity index (χ0v) is 16.8. The first kappa shape index (κ1) is 18.3. The van der Waals surface area contributed by atoms with Gasteiger partial charge in [0.25, 0.3) is 11.6 Å². The maximum atomic E-state index is 12.0. The molecule has 3 heterocycles. The van der Waals surface area contributed by atoms with Crippen LogP contribution in [0.2, 0.25) is 0 Å². The predicted octanol–water partition coefficient (Wildman–Crippen LogP) is 3.12. The lowest BCUT2D eigenvalue weighted by Gasteiger charge is -2.26. The minimum absolute atomic E-state index is 0.447. The fourth-order valence-corrected chi connectivity index (χ4v) is 4.69. The molecule has 29 heavy (non-hydrogen) atoms. The first-order valence-corrected chi connectivity index (χ1v) is 10.4. The Morgan fingerprint density at radius 2 is 1.86 bits per heavy atom. The third kappa shape index (κ3) is 3.02. The van der Waals surface area contributed by atoms with Gasteiger partial charge in [-0.3, -0.25) is 0 Å². The standard InChI is InChI=1S/C23H27N2O4/c1-27-19-8-5-4-7-18(19)24-16-23(26,25-12-6-2-3-9-22(24)25)17-10-11-20-21(15-17)29-14-13-28-20/h4-5,7-8,10-11,15,26H,2-3,6,9,12-14,16H2,1H3/q+1/t23-/m1/s1. The molecule has 5 rings (SSSR count). The number of para-hydroxylation sites is 2. The second-order valence-electron chi connectivity index (χ2n) is 7.81. The van der Waals surface area contributed by atoms with Crippen LogP contribution in [0.4, 0.5) is 5.69 Å². The molecule has 1 atom stereocenters. The molecule has 2 aromatic rings. The summed E-state index contributed by atoms with van der Waals surface area (Å²) in [5.74, 6) is 3.41. The fraction of sp³-hybridized carbons (Fsp3) is 0.435. The number of anilines is 1. The molecule has 0 spiro atoms. The van der Waals surface area contributed by atoms with E-state index in [9.17, 15) is 5.11 Å². The zero-order chi connectivity index (χ0) is 19.8. The highest BCUT2D eigenvalue weighted by Gasteiger charge is 2.52. The number of hydrogen-bond donors (Lipinski definition) is 1. The van der Waals surface area contributed by atoms with E-state index in [1.165, 1.54) is 0 Å². The van der Waals surface area contributed by atoms with Crippen LogP contribution in [-0.2, 0) is 5.72 Å². The lowest BCUT2D eigenvalue weighted by Crippen LogP contribution is -2.41. The topological polar surface area (TPSA) is 54.2 Å². The Hall–Kier alpha value is -2.73. The van der Waals surface area contributed by atoms with Gasteiger partial charge in [-0.25, -0.2) is 9.48 Å². The Labute approximate surface area is 170 Å². The molecule has 6 heteroatoms. The fourth-order valence-electron chi connectivity index (χ4n) is 4.69. The van der Waals surface area contributed by atoms with Gasteiger partial charge in [0.15, 0.2) is 29.5 Å². The summed E-state index contributed by atoms with van der Waals surface area (Å²) < 4.78 is 19.3. The molecule has 0 aliphatic carbocycles. The maximum absolute atomic E-state index is 12.0. The molecule has 0 bridgehead atoms. The van der Waals surface area contributed by atoms with E-state index in [2.05, 4.69) is 15.5 Å². The van der Waals surface area contributed by atoms with E-state index in [1.807, 2.05) is 36.4 Å². The molecule has 0 radical (unpaired) electrons. The summed E-state index contributed by atoms with van der Waals surface area (Å²) in [6.45, 7) is 2.36. The number of aliphatic hydroxyl groups is 1. The van der Waals surface area contributed by atoms with Crippen molar-refractivity contribution in [3.05, 3.63) is 48.0 Å². The van der Waals surface area contributed by atoms with E-state index in [4.69, 9.17) is 14.2 Å². The van der Waals surface area contributed by atoms with E-state index in [1.54, 1.807) is 7.11 Å². The molecule has 1 N–H and O–H groups in total. The minimum atomic E-state index is -1.13. The van der Waals surface area contributed by atoms with Gasteiger partial charge in [-0.05, 0) is 49.6 Å². The number of ether oxygens (including phenoxy) is 3. The Balaban J connectivity index is 1.61.